The Morgan fingerprint density at radius 1 is 1.25 bits per heavy atom. The van der Waals surface area contributed by atoms with Gasteiger partial charge < -0.3 is 4.48 Å². The van der Waals surface area contributed by atoms with Crippen molar-refractivity contribution in [2.75, 3.05) is 21.1 Å². The topological polar surface area (TPSA) is 0 Å². The number of hydrogen-bond acceptors (Lipinski definition) is 0. The second-order valence-electron chi connectivity index (χ2n) is 4.46. The number of quaternary nitrogens is 1. The maximum Gasteiger partial charge on any atom is 0.121 e. The Bertz CT molecular complexity index is 208. The molecule has 12 heavy (non-hydrogen) atoms. The summed E-state index contributed by atoms with van der Waals surface area (Å²) in [6, 6.07) is 0. The van der Waals surface area contributed by atoms with Crippen molar-refractivity contribution < 1.29 is 4.48 Å². The molecule has 0 radical (unpaired) electrons. The van der Waals surface area contributed by atoms with Crippen LogP contribution in [0, 0.1) is 0 Å². The first-order valence-corrected chi connectivity index (χ1v) is 4.68. The van der Waals surface area contributed by atoms with Crippen LogP contribution in [-0.4, -0.2) is 31.2 Å². The molecule has 1 rings (SSSR count). The van der Waals surface area contributed by atoms with Gasteiger partial charge in [-0.3, -0.25) is 0 Å². The third-order valence-corrected chi connectivity index (χ3v) is 3.07. The molecule has 0 aromatic carbocycles. The van der Waals surface area contributed by atoms with Crippen LogP contribution in [0.5, 0.6) is 0 Å². The lowest BCUT2D eigenvalue weighted by atomic mass is 9.85. The van der Waals surface area contributed by atoms with Gasteiger partial charge in [-0.05, 0) is 6.08 Å². The Hall–Kier alpha value is -0.560. The molecule has 1 unspecified atom stereocenters. The molecule has 1 aliphatic rings. The molecule has 0 saturated carbocycles. The molecule has 1 atom stereocenters. The molecule has 1 nitrogen and oxygen atoms in total. The molecule has 0 amide bonds. The van der Waals surface area contributed by atoms with E-state index in [0.29, 0.717) is 5.54 Å². The van der Waals surface area contributed by atoms with Gasteiger partial charge in [0.2, 0.25) is 0 Å². The minimum absolute atomic E-state index is 0.328. The van der Waals surface area contributed by atoms with Crippen molar-refractivity contribution in [2.45, 2.75) is 25.3 Å². The molecule has 1 aliphatic carbocycles. The summed E-state index contributed by atoms with van der Waals surface area (Å²) in [5.41, 5.74) is 0.328. The smallest absolute Gasteiger partial charge is 0.121 e. The van der Waals surface area contributed by atoms with Crippen molar-refractivity contribution in [3.05, 3.63) is 24.3 Å². The summed E-state index contributed by atoms with van der Waals surface area (Å²) in [5, 5.41) is 0. The molecular formula is C11H20N+. The first kappa shape index (κ1) is 9.53. The highest BCUT2D eigenvalue weighted by Gasteiger charge is 2.38. The maximum atomic E-state index is 2.35. The van der Waals surface area contributed by atoms with Gasteiger partial charge in [-0.1, -0.05) is 25.2 Å². The van der Waals surface area contributed by atoms with E-state index < -0.39 is 0 Å². The zero-order valence-electron chi connectivity index (χ0n) is 8.67. The molecule has 0 fully saturated rings. The fourth-order valence-corrected chi connectivity index (χ4v) is 1.89. The van der Waals surface area contributed by atoms with Crippen molar-refractivity contribution in [3.8, 4) is 0 Å². The van der Waals surface area contributed by atoms with Gasteiger partial charge in [-0.15, -0.1) is 0 Å². The molecular weight excluding hydrogens is 146 g/mol. The van der Waals surface area contributed by atoms with Gasteiger partial charge in [0.05, 0.1) is 21.1 Å². The van der Waals surface area contributed by atoms with Crippen LogP contribution >= 0.6 is 0 Å². The molecule has 0 bridgehead atoms. The number of rotatable bonds is 2. The van der Waals surface area contributed by atoms with E-state index in [1.165, 1.54) is 12.8 Å². The van der Waals surface area contributed by atoms with Gasteiger partial charge >= 0.3 is 0 Å². The normalized spacial score (nSPS) is 29.3. The Kier molecular flexibility index (Phi) is 2.43. The van der Waals surface area contributed by atoms with E-state index in [0.717, 1.165) is 4.48 Å². The maximum absolute atomic E-state index is 2.35. The highest BCUT2D eigenvalue weighted by Crippen LogP contribution is 2.31. The highest BCUT2D eigenvalue weighted by molar-refractivity contribution is 5.18. The van der Waals surface area contributed by atoms with Crippen LogP contribution in [0.3, 0.4) is 0 Å². The lowest BCUT2D eigenvalue weighted by Gasteiger charge is -2.44. The van der Waals surface area contributed by atoms with Crippen molar-refractivity contribution >= 4 is 0 Å². The molecule has 0 aliphatic heterocycles. The van der Waals surface area contributed by atoms with Crippen molar-refractivity contribution in [3.63, 3.8) is 0 Å². The van der Waals surface area contributed by atoms with Crippen LogP contribution < -0.4 is 0 Å². The van der Waals surface area contributed by atoms with Crippen LogP contribution in [0.1, 0.15) is 19.8 Å². The number of allylic oxidation sites excluding steroid dienone is 2. The molecule has 0 spiro atoms. The van der Waals surface area contributed by atoms with Gasteiger partial charge in [0.1, 0.15) is 5.54 Å². The van der Waals surface area contributed by atoms with E-state index in [4.69, 9.17) is 0 Å². The van der Waals surface area contributed by atoms with Crippen LogP contribution in [0.4, 0.5) is 0 Å². The molecule has 0 saturated heterocycles. The second-order valence-corrected chi connectivity index (χ2v) is 4.46. The number of nitrogens with zero attached hydrogens (tertiary/aromatic N) is 1. The summed E-state index contributed by atoms with van der Waals surface area (Å²) in [5.74, 6) is 0. The minimum atomic E-state index is 0.328. The molecule has 0 N–H and O–H groups in total. The first-order valence-electron chi connectivity index (χ1n) is 4.68. The summed E-state index contributed by atoms with van der Waals surface area (Å²) in [6.07, 6.45) is 11.3. The van der Waals surface area contributed by atoms with E-state index in [2.05, 4.69) is 52.4 Å². The number of likely N-dealkylation sites (N-methyl/N-ethyl adjacent to an activating group) is 1. The van der Waals surface area contributed by atoms with Gasteiger partial charge in [0.15, 0.2) is 0 Å². The van der Waals surface area contributed by atoms with E-state index in [1.807, 2.05) is 0 Å². The fourth-order valence-electron chi connectivity index (χ4n) is 1.89. The van der Waals surface area contributed by atoms with Gasteiger partial charge in [-0.2, -0.15) is 0 Å². The second kappa shape index (κ2) is 3.06. The van der Waals surface area contributed by atoms with Crippen LogP contribution in [0.15, 0.2) is 24.3 Å². The van der Waals surface area contributed by atoms with Crippen LogP contribution in [0.2, 0.25) is 0 Å². The van der Waals surface area contributed by atoms with Crippen molar-refractivity contribution in [1.29, 1.82) is 0 Å². The standard InChI is InChI=1S/C11H20N/c1-5-11(12(2,3)4)9-7-6-8-10-11/h6-9H,5,10H2,1-4H3/q+1. The van der Waals surface area contributed by atoms with E-state index in [-0.39, 0.29) is 0 Å². The summed E-state index contributed by atoms with van der Waals surface area (Å²) in [6.45, 7) is 2.27. The average molecular weight is 166 g/mol. The molecule has 1 heteroatoms. The summed E-state index contributed by atoms with van der Waals surface area (Å²) >= 11 is 0. The van der Waals surface area contributed by atoms with Crippen molar-refractivity contribution in [2.24, 2.45) is 0 Å². The number of hydrogen-bond donors (Lipinski definition) is 0. The minimum Gasteiger partial charge on any atom is -0.323 e. The summed E-state index contributed by atoms with van der Waals surface area (Å²) in [4.78, 5) is 0. The van der Waals surface area contributed by atoms with Gasteiger partial charge in [0.25, 0.3) is 0 Å². The Morgan fingerprint density at radius 2 is 1.92 bits per heavy atom. The Labute approximate surface area is 76.0 Å². The molecule has 0 aromatic heterocycles. The van der Waals surface area contributed by atoms with Crippen LogP contribution in [0.25, 0.3) is 0 Å². The highest BCUT2D eigenvalue weighted by atomic mass is 15.3. The van der Waals surface area contributed by atoms with Crippen LogP contribution in [-0.2, 0) is 0 Å². The predicted octanol–water partition coefficient (Wildman–Crippen LogP) is 2.36. The lowest BCUT2D eigenvalue weighted by molar-refractivity contribution is -0.916. The summed E-state index contributed by atoms with van der Waals surface area (Å²) < 4.78 is 1.02. The largest absolute Gasteiger partial charge is 0.323 e. The third-order valence-electron chi connectivity index (χ3n) is 3.07. The average Bonchev–Trinajstić information content (AvgIpc) is 2.04. The monoisotopic (exact) mass is 166 g/mol. The zero-order chi connectivity index (χ0) is 9.24. The first-order chi connectivity index (χ1) is 5.52. The van der Waals surface area contributed by atoms with Crippen molar-refractivity contribution in [1.82, 2.24) is 0 Å². The third kappa shape index (κ3) is 1.46. The van der Waals surface area contributed by atoms with Gasteiger partial charge in [0, 0.05) is 12.8 Å². The fraction of sp³-hybridized carbons (Fsp3) is 0.636. The van der Waals surface area contributed by atoms with E-state index in [9.17, 15) is 0 Å². The Morgan fingerprint density at radius 3 is 2.17 bits per heavy atom. The van der Waals surface area contributed by atoms with E-state index >= 15 is 0 Å². The van der Waals surface area contributed by atoms with E-state index in [1.54, 1.807) is 0 Å². The Balaban J connectivity index is 2.91. The van der Waals surface area contributed by atoms with Gasteiger partial charge in [-0.25, -0.2) is 0 Å². The molecule has 68 valence electrons. The molecule has 0 aromatic rings. The quantitative estimate of drug-likeness (QED) is 0.552. The lowest BCUT2D eigenvalue weighted by Crippen LogP contribution is -2.55. The molecule has 0 heterocycles. The zero-order valence-corrected chi connectivity index (χ0v) is 8.67. The predicted molar refractivity (Wildman–Crippen MR) is 54.0 cm³/mol. The SMILES string of the molecule is CCC1([N+](C)(C)C)C=CC=CC1. The summed E-state index contributed by atoms with van der Waals surface area (Å²) in [7, 11) is 6.81.